The van der Waals surface area contributed by atoms with Crippen LogP contribution in [0.4, 0.5) is 18.9 Å². The van der Waals surface area contributed by atoms with Gasteiger partial charge in [-0.15, -0.1) is 0 Å². The van der Waals surface area contributed by atoms with Crippen molar-refractivity contribution in [3.05, 3.63) is 52.6 Å². The van der Waals surface area contributed by atoms with Crippen molar-refractivity contribution in [1.82, 2.24) is 0 Å². The first kappa shape index (κ1) is 25.0. The Balaban J connectivity index is 2.28. The number of carboxylic acid groups (broad SMARTS) is 1. The molecule has 1 aliphatic rings. The fourth-order valence-corrected chi connectivity index (χ4v) is 3.82. The molecule has 4 atom stereocenters. The van der Waals surface area contributed by atoms with E-state index in [9.17, 15) is 22.8 Å². The summed E-state index contributed by atoms with van der Waals surface area (Å²) in [6.07, 6.45) is 2.11. The molecule has 2 N–H and O–H groups in total. The van der Waals surface area contributed by atoms with Crippen molar-refractivity contribution in [3.8, 4) is 0 Å². The average Bonchev–Trinajstić information content (AvgIpc) is 2.70. The quantitative estimate of drug-likeness (QED) is 0.483. The van der Waals surface area contributed by atoms with Gasteiger partial charge in [-0.2, -0.15) is 13.2 Å². The minimum absolute atomic E-state index is 0.172. The molecule has 1 aromatic rings. The molecule has 0 saturated heterocycles. The van der Waals surface area contributed by atoms with E-state index in [2.05, 4.69) is 5.32 Å². The topological polar surface area (TPSA) is 66.4 Å². The Morgan fingerprint density at radius 2 is 1.97 bits per heavy atom. The molecule has 0 fully saturated rings. The van der Waals surface area contributed by atoms with Crippen LogP contribution in [0.15, 0.2) is 42.0 Å². The average molecular weight is 458 g/mol. The van der Waals surface area contributed by atoms with Gasteiger partial charge in [0.05, 0.1) is 28.5 Å². The number of nitrogens with one attached hydrogen (secondary N) is 1. The van der Waals surface area contributed by atoms with Gasteiger partial charge in [0.2, 0.25) is 5.91 Å². The van der Waals surface area contributed by atoms with Crippen LogP contribution in [0.5, 0.6) is 0 Å². The molecular formula is C23H27ClF3NO3. The highest BCUT2D eigenvalue weighted by Crippen LogP contribution is 2.39. The van der Waals surface area contributed by atoms with Crippen molar-refractivity contribution in [2.45, 2.75) is 46.2 Å². The summed E-state index contributed by atoms with van der Waals surface area (Å²) < 4.78 is 40.7. The van der Waals surface area contributed by atoms with Crippen LogP contribution in [0.3, 0.4) is 0 Å². The summed E-state index contributed by atoms with van der Waals surface area (Å²) in [6, 6.07) is 4.65. The van der Waals surface area contributed by atoms with E-state index in [4.69, 9.17) is 16.7 Å². The van der Waals surface area contributed by atoms with Crippen LogP contribution in [0.25, 0.3) is 0 Å². The molecule has 1 unspecified atom stereocenters. The standard InChI is InChI=1S/C23H27ClF3NO3/c1-4-15-5-8-17(9-6-15)20(14(3)23(25,26)27)21(29)28-19-12-16(7-10-18(19)24)11-13(2)22(30)31/h5-8,10,12-14,17,20H,4,9,11H2,1-3H3,(H,28,29)(H,30,31)/t13-,14+,17?,20-/m0/s1. The number of rotatable bonds is 8. The Labute approximate surface area is 185 Å². The molecule has 170 valence electrons. The minimum atomic E-state index is -4.53. The fraction of sp³-hybridized carbons (Fsp3) is 0.478. The minimum Gasteiger partial charge on any atom is -0.481 e. The third kappa shape index (κ3) is 6.60. The maximum absolute atomic E-state index is 13.6. The maximum atomic E-state index is 13.6. The van der Waals surface area contributed by atoms with E-state index in [0.717, 1.165) is 18.9 Å². The van der Waals surface area contributed by atoms with Gasteiger partial charge in [-0.25, -0.2) is 0 Å². The third-order valence-electron chi connectivity index (χ3n) is 5.69. The lowest BCUT2D eigenvalue weighted by Crippen LogP contribution is -2.40. The summed E-state index contributed by atoms with van der Waals surface area (Å²) in [5.41, 5.74) is 1.81. The summed E-state index contributed by atoms with van der Waals surface area (Å²) in [6.45, 7) is 4.52. The van der Waals surface area contributed by atoms with Crippen molar-refractivity contribution in [2.24, 2.45) is 23.7 Å². The molecule has 0 aliphatic heterocycles. The molecule has 31 heavy (non-hydrogen) atoms. The van der Waals surface area contributed by atoms with Gasteiger partial charge in [0.1, 0.15) is 0 Å². The Bertz CT molecular complexity index is 879. The zero-order valence-corrected chi connectivity index (χ0v) is 18.4. The van der Waals surface area contributed by atoms with E-state index < -0.39 is 41.7 Å². The number of hydrogen-bond acceptors (Lipinski definition) is 2. The Morgan fingerprint density at radius 3 is 2.48 bits per heavy atom. The molecule has 1 aromatic carbocycles. The number of alkyl halides is 3. The van der Waals surface area contributed by atoms with Crippen molar-refractivity contribution >= 4 is 29.2 Å². The summed E-state index contributed by atoms with van der Waals surface area (Å²) in [7, 11) is 0. The second-order valence-corrected chi connectivity index (χ2v) is 8.40. The molecule has 1 aliphatic carbocycles. The number of amides is 1. The number of halogens is 4. The number of anilines is 1. The summed E-state index contributed by atoms with van der Waals surface area (Å²) in [4.78, 5) is 24.1. The second kappa shape index (κ2) is 10.4. The SMILES string of the molecule is CCC1=CCC([C@@H](C(=O)Nc2cc(C[C@H](C)C(=O)O)ccc2Cl)[C@@H](C)C(F)(F)F)C=C1. The van der Waals surface area contributed by atoms with Gasteiger partial charge in [0, 0.05) is 0 Å². The maximum Gasteiger partial charge on any atom is 0.392 e. The number of benzene rings is 1. The normalized spacial score (nSPS) is 19.3. The first-order chi connectivity index (χ1) is 14.4. The lowest BCUT2D eigenvalue weighted by Gasteiger charge is -2.31. The van der Waals surface area contributed by atoms with Gasteiger partial charge >= 0.3 is 12.1 Å². The van der Waals surface area contributed by atoms with E-state index in [-0.39, 0.29) is 17.1 Å². The molecule has 0 radical (unpaired) electrons. The molecule has 0 aromatic heterocycles. The largest absolute Gasteiger partial charge is 0.481 e. The van der Waals surface area contributed by atoms with Crippen LogP contribution >= 0.6 is 11.6 Å². The molecule has 0 saturated carbocycles. The lowest BCUT2D eigenvalue weighted by molar-refractivity contribution is -0.188. The second-order valence-electron chi connectivity index (χ2n) is 7.99. The van der Waals surface area contributed by atoms with Gasteiger partial charge < -0.3 is 10.4 Å². The van der Waals surface area contributed by atoms with Crippen LogP contribution in [0.1, 0.15) is 39.2 Å². The molecule has 0 heterocycles. The van der Waals surface area contributed by atoms with E-state index in [1.165, 1.54) is 12.1 Å². The van der Waals surface area contributed by atoms with Crippen LogP contribution in [-0.2, 0) is 16.0 Å². The molecule has 0 spiro atoms. The van der Waals surface area contributed by atoms with Crippen molar-refractivity contribution in [1.29, 1.82) is 0 Å². The molecule has 2 rings (SSSR count). The Morgan fingerprint density at radius 1 is 1.29 bits per heavy atom. The molecular weight excluding hydrogens is 431 g/mol. The highest BCUT2D eigenvalue weighted by atomic mass is 35.5. The highest BCUT2D eigenvalue weighted by molar-refractivity contribution is 6.33. The van der Waals surface area contributed by atoms with Crippen LogP contribution < -0.4 is 5.32 Å². The Hall–Kier alpha value is -2.28. The van der Waals surface area contributed by atoms with E-state index in [1.807, 2.05) is 13.0 Å². The van der Waals surface area contributed by atoms with Gasteiger partial charge in [0.15, 0.2) is 0 Å². The van der Waals surface area contributed by atoms with Crippen LogP contribution in [0, 0.1) is 23.7 Å². The number of carbonyl (C=O) groups is 2. The van der Waals surface area contributed by atoms with Gasteiger partial charge in [-0.1, -0.05) is 62.2 Å². The first-order valence-electron chi connectivity index (χ1n) is 10.2. The number of carboxylic acids is 1. The lowest BCUT2D eigenvalue weighted by atomic mass is 9.77. The summed E-state index contributed by atoms with van der Waals surface area (Å²) in [5.74, 6) is -6.17. The number of hydrogen-bond donors (Lipinski definition) is 2. The van der Waals surface area contributed by atoms with E-state index in [1.54, 1.807) is 25.1 Å². The van der Waals surface area contributed by atoms with Crippen molar-refractivity contribution < 1.29 is 27.9 Å². The highest BCUT2D eigenvalue weighted by Gasteiger charge is 2.46. The van der Waals surface area contributed by atoms with Gasteiger partial charge in [0.25, 0.3) is 0 Å². The molecule has 8 heteroatoms. The Kier molecular flexibility index (Phi) is 8.34. The molecule has 4 nitrogen and oxygen atoms in total. The smallest absolute Gasteiger partial charge is 0.392 e. The zero-order chi connectivity index (χ0) is 23.3. The van der Waals surface area contributed by atoms with Crippen LogP contribution in [0.2, 0.25) is 5.02 Å². The van der Waals surface area contributed by atoms with Gasteiger partial charge in [-0.3, -0.25) is 9.59 Å². The molecule has 1 amide bonds. The predicted octanol–water partition coefficient (Wildman–Crippen LogP) is 6.27. The van der Waals surface area contributed by atoms with Crippen molar-refractivity contribution in [2.75, 3.05) is 5.32 Å². The number of allylic oxidation sites excluding steroid dienone is 4. The predicted molar refractivity (Wildman–Crippen MR) is 115 cm³/mol. The molecule has 0 bridgehead atoms. The van der Waals surface area contributed by atoms with E-state index >= 15 is 0 Å². The third-order valence-corrected chi connectivity index (χ3v) is 6.02. The fourth-order valence-electron chi connectivity index (χ4n) is 3.66. The number of carbonyl (C=O) groups excluding carboxylic acids is 1. The summed E-state index contributed by atoms with van der Waals surface area (Å²) >= 11 is 6.16. The number of aliphatic carboxylic acids is 1. The van der Waals surface area contributed by atoms with E-state index in [0.29, 0.717) is 12.0 Å². The van der Waals surface area contributed by atoms with Gasteiger partial charge in [-0.05, 0) is 42.9 Å². The van der Waals surface area contributed by atoms with Crippen LogP contribution in [-0.4, -0.2) is 23.2 Å². The van der Waals surface area contributed by atoms with Crippen molar-refractivity contribution in [3.63, 3.8) is 0 Å². The summed E-state index contributed by atoms with van der Waals surface area (Å²) in [5, 5.41) is 11.8. The first-order valence-corrected chi connectivity index (χ1v) is 10.6. The monoisotopic (exact) mass is 457 g/mol. The zero-order valence-electron chi connectivity index (χ0n) is 17.7.